The van der Waals surface area contributed by atoms with E-state index in [2.05, 4.69) is 0 Å². The summed E-state index contributed by atoms with van der Waals surface area (Å²) in [6.45, 7) is -0.0194. The molecule has 0 aliphatic heterocycles. The Morgan fingerprint density at radius 3 is 2.18 bits per heavy atom. The van der Waals surface area contributed by atoms with Crippen molar-refractivity contribution in [2.24, 2.45) is 0 Å². The molecular formula is C21H23NO6. The van der Waals surface area contributed by atoms with Crippen LogP contribution in [-0.4, -0.2) is 48.7 Å². The lowest BCUT2D eigenvalue weighted by Gasteiger charge is -2.22. The SMILES string of the molecule is COc1cc(C(=O)N(CC(=O)O)C2CC2)cc(OC)c1OCc1ccccc1. The van der Waals surface area contributed by atoms with Crippen molar-refractivity contribution < 1.29 is 28.9 Å². The van der Waals surface area contributed by atoms with Gasteiger partial charge in [0.25, 0.3) is 5.91 Å². The second-order valence-corrected chi connectivity index (χ2v) is 6.54. The number of hydrogen-bond acceptors (Lipinski definition) is 5. The van der Waals surface area contributed by atoms with Crippen molar-refractivity contribution in [2.75, 3.05) is 20.8 Å². The maximum Gasteiger partial charge on any atom is 0.323 e. The quantitative estimate of drug-likeness (QED) is 0.714. The summed E-state index contributed by atoms with van der Waals surface area (Å²) in [6.07, 6.45) is 1.62. The van der Waals surface area contributed by atoms with Gasteiger partial charge >= 0.3 is 5.97 Å². The van der Waals surface area contributed by atoms with E-state index < -0.39 is 5.97 Å². The van der Waals surface area contributed by atoms with E-state index in [0.29, 0.717) is 29.4 Å². The van der Waals surface area contributed by atoms with Gasteiger partial charge < -0.3 is 24.2 Å². The number of benzene rings is 2. The third-order valence-corrected chi connectivity index (χ3v) is 4.49. The number of aliphatic carboxylic acids is 1. The van der Waals surface area contributed by atoms with Crippen LogP contribution in [0, 0.1) is 0 Å². The van der Waals surface area contributed by atoms with Gasteiger partial charge in [0.1, 0.15) is 13.2 Å². The van der Waals surface area contributed by atoms with Gasteiger partial charge in [-0.1, -0.05) is 30.3 Å². The Morgan fingerprint density at radius 2 is 1.68 bits per heavy atom. The molecule has 7 nitrogen and oxygen atoms in total. The van der Waals surface area contributed by atoms with E-state index in [0.717, 1.165) is 18.4 Å². The maximum absolute atomic E-state index is 12.9. The van der Waals surface area contributed by atoms with Crippen molar-refractivity contribution in [1.29, 1.82) is 0 Å². The molecule has 0 radical (unpaired) electrons. The van der Waals surface area contributed by atoms with Crippen LogP contribution in [0.2, 0.25) is 0 Å². The molecule has 1 aliphatic rings. The number of carboxylic acid groups (broad SMARTS) is 1. The van der Waals surface area contributed by atoms with Gasteiger partial charge in [0.05, 0.1) is 14.2 Å². The van der Waals surface area contributed by atoms with E-state index in [4.69, 9.17) is 19.3 Å². The molecule has 3 rings (SSSR count). The molecule has 1 amide bonds. The Morgan fingerprint density at radius 1 is 1.07 bits per heavy atom. The lowest BCUT2D eigenvalue weighted by atomic mass is 10.1. The Kier molecular flexibility index (Phi) is 6.03. The van der Waals surface area contributed by atoms with E-state index in [9.17, 15) is 9.59 Å². The van der Waals surface area contributed by atoms with E-state index in [1.807, 2.05) is 30.3 Å². The van der Waals surface area contributed by atoms with Gasteiger partial charge in [-0.25, -0.2) is 0 Å². The lowest BCUT2D eigenvalue weighted by Crippen LogP contribution is -2.37. The van der Waals surface area contributed by atoms with Crippen molar-refractivity contribution >= 4 is 11.9 Å². The number of rotatable bonds is 9. The number of hydrogen-bond donors (Lipinski definition) is 1. The minimum absolute atomic E-state index is 0.0328. The zero-order valence-corrected chi connectivity index (χ0v) is 15.9. The fourth-order valence-corrected chi connectivity index (χ4v) is 2.94. The minimum Gasteiger partial charge on any atom is -0.493 e. The fourth-order valence-electron chi connectivity index (χ4n) is 2.94. The Hall–Kier alpha value is -3.22. The Balaban J connectivity index is 1.87. The summed E-state index contributed by atoms with van der Waals surface area (Å²) < 4.78 is 16.7. The van der Waals surface area contributed by atoms with Crippen LogP contribution in [0.4, 0.5) is 0 Å². The van der Waals surface area contributed by atoms with Crippen LogP contribution in [0.25, 0.3) is 0 Å². The molecule has 0 saturated heterocycles. The van der Waals surface area contributed by atoms with Crippen LogP contribution in [-0.2, 0) is 11.4 Å². The smallest absolute Gasteiger partial charge is 0.323 e. The van der Waals surface area contributed by atoms with E-state index in [1.54, 1.807) is 12.1 Å². The van der Waals surface area contributed by atoms with Crippen molar-refractivity contribution in [3.8, 4) is 17.2 Å². The van der Waals surface area contributed by atoms with Crippen LogP contribution in [0.5, 0.6) is 17.2 Å². The molecule has 0 spiro atoms. The van der Waals surface area contributed by atoms with Gasteiger partial charge in [-0.3, -0.25) is 9.59 Å². The molecule has 0 bridgehead atoms. The summed E-state index contributed by atoms with van der Waals surface area (Å²) in [4.78, 5) is 25.4. The number of nitrogens with zero attached hydrogens (tertiary/aromatic N) is 1. The molecule has 2 aromatic rings. The molecule has 1 saturated carbocycles. The van der Waals surface area contributed by atoms with E-state index in [1.165, 1.54) is 19.1 Å². The minimum atomic E-state index is -1.04. The van der Waals surface area contributed by atoms with Crippen LogP contribution in [0.15, 0.2) is 42.5 Å². The summed E-state index contributed by atoms with van der Waals surface area (Å²) in [6, 6.07) is 12.7. The first-order chi connectivity index (χ1) is 13.5. The van der Waals surface area contributed by atoms with Crippen LogP contribution in [0.1, 0.15) is 28.8 Å². The van der Waals surface area contributed by atoms with Gasteiger partial charge in [-0.2, -0.15) is 0 Å². The second-order valence-electron chi connectivity index (χ2n) is 6.54. The average Bonchev–Trinajstić information content (AvgIpc) is 3.55. The molecule has 1 N–H and O–H groups in total. The number of carbonyl (C=O) groups excluding carboxylic acids is 1. The first-order valence-electron chi connectivity index (χ1n) is 8.99. The number of methoxy groups -OCH3 is 2. The molecule has 0 heterocycles. The predicted octanol–water partition coefficient (Wildman–Crippen LogP) is 2.97. The van der Waals surface area contributed by atoms with Crippen molar-refractivity contribution in [3.05, 3.63) is 53.6 Å². The van der Waals surface area contributed by atoms with Crippen molar-refractivity contribution in [2.45, 2.75) is 25.5 Å². The third-order valence-electron chi connectivity index (χ3n) is 4.49. The topological polar surface area (TPSA) is 85.3 Å². The standard InChI is InChI=1S/C21H23NO6/c1-26-17-10-15(21(25)22(12-19(23)24)16-8-9-16)11-18(27-2)20(17)28-13-14-6-4-3-5-7-14/h3-7,10-11,16H,8-9,12-13H2,1-2H3,(H,23,24). The normalized spacial score (nSPS) is 12.9. The predicted molar refractivity (Wildman–Crippen MR) is 102 cm³/mol. The first kappa shape index (κ1) is 19.5. The lowest BCUT2D eigenvalue weighted by molar-refractivity contribution is -0.137. The van der Waals surface area contributed by atoms with Gasteiger partial charge in [0.2, 0.25) is 5.75 Å². The highest BCUT2D eigenvalue weighted by Crippen LogP contribution is 2.40. The average molecular weight is 385 g/mol. The monoisotopic (exact) mass is 385 g/mol. The van der Waals surface area contributed by atoms with Crippen molar-refractivity contribution in [3.63, 3.8) is 0 Å². The molecular weight excluding hydrogens is 362 g/mol. The molecule has 148 valence electrons. The number of ether oxygens (including phenoxy) is 3. The maximum atomic E-state index is 12.9. The highest BCUT2D eigenvalue weighted by Gasteiger charge is 2.35. The molecule has 0 aromatic heterocycles. The zero-order valence-electron chi connectivity index (χ0n) is 15.9. The summed E-state index contributed by atoms with van der Waals surface area (Å²) in [5.41, 5.74) is 1.28. The Bertz CT molecular complexity index is 822. The molecule has 1 aliphatic carbocycles. The second kappa shape index (κ2) is 8.65. The molecule has 1 fully saturated rings. The molecule has 28 heavy (non-hydrogen) atoms. The Labute approximate surface area is 163 Å². The number of amides is 1. The molecule has 7 heteroatoms. The highest BCUT2D eigenvalue weighted by atomic mass is 16.5. The van der Waals surface area contributed by atoms with Gasteiger partial charge in [0.15, 0.2) is 11.5 Å². The highest BCUT2D eigenvalue weighted by molar-refractivity contribution is 5.97. The summed E-state index contributed by atoms with van der Waals surface area (Å²) >= 11 is 0. The summed E-state index contributed by atoms with van der Waals surface area (Å²) in [5.74, 6) is -0.311. The van der Waals surface area contributed by atoms with Crippen LogP contribution in [0.3, 0.4) is 0 Å². The van der Waals surface area contributed by atoms with Crippen molar-refractivity contribution in [1.82, 2.24) is 4.90 Å². The number of carbonyl (C=O) groups is 2. The molecule has 0 unspecified atom stereocenters. The van der Waals surface area contributed by atoms with Gasteiger partial charge in [-0.15, -0.1) is 0 Å². The largest absolute Gasteiger partial charge is 0.493 e. The van der Waals surface area contributed by atoms with Gasteiger partial charge in [0, 0.05) is 11.6 Å². The van der Waals surface area contributed by atoms with E-state index >= 15 is 0 Å². The third kappa shape index (κ3) is 4.54. The summed E-state index contributed by atoms with van der Waals surface area (Å²) in [5, 5.41) is 9.12. The molecule has 0 atom stereocenters. The number of carboxylic acids is 1. The summed E-state index contributed by atoms with van der Waals surface area (Å²) in [7, 11) is 2.96. The molecule has 2 aromatic carbocycles. The first-order valence-corrected chi connectivity index (χ1v) is 8.99. The zero-order chi connectivity index (χ0) is 20.1. The van der Waals surface area contributed by atoms with Crippen LogP contribution < -0.4 is 14.2 Å². The fraction of sp³-hybridized carbons (Fsp3) is 0.333. The van der Waals surface area contributed by atoms with E-state index in [-0.39, 0.29) is 18.5 Å². The van der Waals surface area contributed by atoms with Gasteiger partial charge in [-0.05, 0) is 30.5 Å². The van der Waals surface area contributed by atoms with Crippen LogP contribution >= 0.6 is 0 Å².